The lowest BCUT2D eigenvalue weighted by molar-refractivity contribution is 0.482. The average Bonchev–Trinajstić information content (AvgIpc) is 2.55. The maximum atomic E-state index is 4.46. The van der Waals surface area contributed by atoms with Gasteiger partial charge in [0.15, 0.2) is 5.82 Å². The Bertz CT molecular complexity index is 592. The predicted octanol–water partition coefficient (Wildman–Crippen LogP) is 2.74. The highest BCUT2D eigenvalue weighted by atomic mass is 79.9. The number of pyridine rings is 1. The molecule has 110 valence electrons. The fourth-order valence-corrected chi connectivity index (χ4v) is 3.04. The molecule has 0 bridgehead atoms. The minimum Gasteiger partial charge on any atom is -0.355 e. The van der Waals surface area contributed by atoms with Gasteiger partial charge in [0.25, 0.3) is 0 Å². The van der Waals surface area contributed by atoms with Crippen LogP contribution in [0, 0.1) is 0 Å². The Kier molecular flexibility index (Phi) is 4.34. The summed E-state index contributed by atoms with van der Waals surface area (Å²) in [7, 11) is 2.11. The predicted molar refractivity (Wildman–Crippen MR) is 87.6 cm³/mol. The Morgan fingerprint density at radius 2 is 2.24 bits per heavy atom. The third kappa shape index (κ3) is 3.32. The van der Waals surface area contributed by atoms with E-state index in [1.165, 1.54) is 6.42 Å². The van der Waals surface area contributed by atoms with E-state index >= 15 is 0 Å². The molecule has 1 aliphatic heterocycles. The van der Waals surface area contributed by atoms with Crippen molar-refractivity contribution in [2.24, 2.45) is 0 Å². The van der Waals surface area contributed by atoms with Crippen LogP contribution in [-0.4, -0.2) is 41.4 Å². The van der Waals surface area contributed by atoms with Crippen LogP contribution in [-0.2, 0) is 0 Å². The van der Waals surface area contributed by atoms with Crippen molar-refractivity contribution in [3.8, 4) is 0 Å². The molecule has 3 rings (SSSR count). The second-order valence-corrected chi connectivity index (χ2v) is 6.18. The maximum absolute atomic E-state index is 4.46. The Labute approximate surface area is 133 Å². The van der Waals surface area contributed by atoms with Crippen LogP contribution in [0.2, 0.25) is 0 Å². The van der Waals surface area contributed by atoms with Crippen molar-refractivity contribution in [2.45, 2.75) is 18.9 Å². The summed E-state index contributed by atoms with van der Waals surface area (Å²) in [5.41, 5.74) is 0. The molecule has 0 unspecified atom stereocenters. The Morgan fingerprint density at radius 1 is 1.33 bits per heavy atom. The van der Waals surface area contributed by atoms with E-state index in [9.17, 15) is 0 Å². The van der Waals surface area contributed by atoms with Crippen LogP contribution in [0.3, 0.4) is 0 Å². The van der Waals surface area contributed by atoms with Gasteiger partial charge in [-0.3, -0.25) is 0 Å². The minimum atomic E-state index is 0.433. The Morgan fingerprint density at radius 3 is 3.00 bits per heavy atom. The molecule has 2 aromatic rings. The first kappa shape index (κ1) is 14.3. The van der Waals surface area contributed by atoms with E-state index in [-0.39, 0.29) is 0 Å². The quantitative estimate of drug-likeness (QED) is 0.854. The summed E-state index contributed by atoms with van der Waals surface area (Å²) in [6.07, 6.45) is 5.86. The van der Waals surface area contributed by atoms with E-state index in [0.717, 1.165) is 35.6 Å². The van der Waals surface area contributed by atoms with E-state index in [1.54, 1.807) is 6.20 Å². The van der Waals surface area contributed by atoms with Crippen LogP contribution in [0.15, 0.2) is 41.1 Å². The molecule has 1 atom stereocenters. The summed E-state index contributed by atoms with van der Waals surface area (Å²) < 4.78 is 1.06. The zero-order valence-corrected chi connectivity index (χ0v) is 13.6. The number of anilines is 2. The number of hydrogen-bond donors (Lipinski definition) is 0. The van der Waals surface area contributed by atoms with Crippen LogP contribution in [0.1, 0.15) is 12.8 Å². The van der Waals surface area contributed by atoms with Crippen LogP contribution in [0.4, 0.5) is 11.6 Å². The van der Waals surface area contributed by atoms with Gasteiger partial charge in [-0.1, -0.05) is 15.9 Å². The third-order valence-corrected chi connectivity index (χ3v) is 4.39. The van der Waals surface area contributed by atoms with Crippen molar-refractivity contribution < 1.29 is 0 Å². The molecule has 0 aromatic carbocycles. The number of hydrogen-bond acceptors (Lipinski definition) is 5. The summed E-state index contributed by atoms with van der Waals surface area (Å²) in [4.78, 5) is 9.02. The zero-order valence-electron chi connectivity index (χ0n) is 12.0. The van der Waals surface area contributed by atoms with Gasteiger partial charge in [0.2, 0.25) is 0 Å². The van der Waals surface area contributed by atoms with E-state index in [1.807, 2.05) is 24.4 Å². The summed E-state index contributed by atoms with van der Waals surface area (Å²) >= 11 is 3.51. The fraction of sp³-hybridized carbons (Fsp3) is 0.400. The lowest BCUT2D eigenvalue weighted by atomic mass is 10.0. The highest BCUT2D eigenvalue weighted by Crippen LogP contribution is 2.24. The van der Waals surface area contributed by atoms with Crippen molar-refractivity contribution in [1.29, 1.82) is 0 Å². The first-order valence-electron chi connectivity index (χ1n) is 7.11. The summed E-state index contributed by atoms with van der Waals surface area (Å²) in [6, 6.07) is 8.39. The van der Waals surface area contributed by atoms with Crippen LogP contribution >= 0.6 is 15.9 Å². The number of rotatable bonds is 3. The van der Waals surface area contributed by atoms with Gasteiger partial charge in [0.1, 0.15) is 5.82 Å². The summed E-state index contributed by atoms with van der Waals surface area (Å²) in [5.74, 6) is 1.95. The third-order valence-electron chi connectivity index (χ3n) is 3.90. The van der Waals surface area contributed by atoms with Crippen molar-refractivity contribution in [3.05, 3.63) is 41.1 Å². The summed E-state index contributed by atoms with van der Waals surface area (Å²) in [6.45, 7) is 1.98. The number of likely N-dealkylation sites (N-methyl/N-ethyl adjacent to an activating group) is 1. The lowest BCUT2D eigenvalue weighted by Gasteiger charge is -2.38. The topological polar surface area (TPSA) is 45.2 Å². The van der Waals surface area contributed by atoms with E-state index < -0.39 is 0 Å². The van der Waals surface area contributed by atoms with Gasteiger partial charge in [-0.15, -0.1) is 5.10 Å². The first-order valence-corrected chi connectivity index (χ1v) is 7.90. The molecule has 6 heteroatoms. The largest absolute Gasteiger partial charge is 0.355 e. The fourth-order valence-electron chi connectivity index (χ4n) is 2.71. The molecule has 0 amide bonds. The molecule has 0 N–H and O–H groups in total. The lowest BCUT2D eigenvalue weighted by Crippen LogP contribution is -2.47. The molecule has 21 heavy (non-hydrogen) atoms. The van der Waals surface area contributed by atoms with Crippen molar-refractivity contribution in [2.75, 3.05) is 29.9 Å². The van der Waals surface area contributed by atoms with Crippen LogP contribution in [0.5, 0.6) is 0 Å². The monoisotopic (exact) mass is 347 g/mol. The van der Waals surface area contributed by atoms with E-state index in [4.69, 9.17) is 0 Å². The molecule has 1 saturated heterocycles. The van der Waals surface area contributed by atoms with Gasteiger partial charge in [-0.2, -0.15) is 5.10 Å². The van der Waals surface area contributed by atoms with Crippen LogP contribution in [0.25, 0.3) is 0 Å². The summed E-state index contributed by atoms with van der Waals surface area (Å²) in [5, 5.41) is 8.19. The second kappa shape index (κ2) is 6.39. The molecular formula is C15H18BrN5. The number of nitrogens with zero attached hydrogens (tertiary/aromatic N) is 5. The highest BCUT2D eigenvalue weighted by molar-refractivity contribution is 9.10. The number of aromatic nitrogens is 3. The van der Waals surface area contributed by atoms with Gasteiger partial charge in [0, 0.05) is 43.0 Å². The molecule has 0 saturated carbocycles. The minimum absolute atomic E-state index is 0.433. The zero-order chi connectivity index (χ0) is 14.7. The van der Waals surface area contributed by atoms with Crippen molar-refractivity contribution in [1.82, 2.24) is 15.2 Å². The molecule has 0 spiro atoms. The maximum Gasteiger partial charge on any atom is 0.151 e. The van der Waals surface area contributed by atoms with Gasteiger partial charge in [-0.25, -0.2) is 4.98 Å². The number of halogens is 1. The average molecular weight is 348 g/mol. The van der Waals surface area contributed by atoms with E-state index in [0.29, 0.717) is 6.04 Å². The molecule has 2 aromatic heterocycles. The SMILES string of the molecule is CN(c1cc(Br)ccn1)[C@@H]1CCCN(c2cccnn2)C1. The normalized spacial score (nSPS) is 18.6. The standard InChI is InChI=1S/C15H18BrN5/c1-20(15-10-12(16)6-8-17-15)13-4-3-9-21(11-13)14-5-2-7-18-19-14/h2,5-8,10,13H,3-4,9,11H2,1H3/t13-/m1/s1. The van der Waals surface area contributed by atoms with Crippen LogP contribution < -0.4 is 9.80 Å². The van der Waals surface area contributed by atoms with E-state index in [2.05, 4.69) is 54.0 Å². The highest BCUT2D eigenvalue weighted by Gasteiger charge is 2.25. The molecule has 1 aliphatic rings. The first-order chi connectivity index (χ1) is 10.2. The molecule has 0 aliphatic carbocycles. The van der Waals surface area contributed by atoms with Crippen molar-refractivity contribution >= 4 is 27.6 Å². The Balaban J connectivity index is 1.74. The molecule has 3 heterocycles. The van der Waals surface area contributed by atoms with Gasteiger partial charge in [0.05, 0.1) is 0 Å². The molecular weight excluding hydrogens is 330 g/mol. The van der Waals surface area contributed by atoms with Gasteiger partial charge in [-0.05, 0) is 37.1 Å². The number of piperidine rings is 1. The smallest absolute Gasteiger partial charge is 0.151 e. The van der Waals surface area contributed by atoms with Gasteiger partial charge >= 0.3 is 0 Å². The Hall–Kier alpha value is -1.69. The molecule has 1 fully saturated rings. The molecule has 0 radical (unpaired) electrons. The molecule has 5 nitrogen and oxygen atoms in total. The second-order valence-electron chi connectivity index (χ2n) is 5.27. The van der Waals surface area contributed by atoms with Crippen molar-refractivity contribution in [3.63, 3.8) is 0 Å². The van der Waals surface area contributed by atoms with Gasteiger partial charge < -0.3 is 9.80 Å².